The zero-order valence-electron chi connectivity index (χ0n) is 12.5. The Morgan fingerprint density at radius 1 is 1.43 bits per heavy atom. The first-order chi connectivity index (χ1) is 10.1. The highest BCUT2D eigenvalue weighted by molar-refractivity contribution is 5.83. The lowest BCUT2D eigenvalue weighted by atomic mass is 10.1. The maximum atomic E-state index is 12.2. The van der Waals surface area contributed by atoms with E-state index in [0.717, 1.165) is 30.8 Å². The lowest BCUT2D eigenvalue weighted by Gasteiger charge is -2.34. The van der Waals surface area contributed by atoms with Gasteiger partial charge in [-0.1, -0.05) is 12.8 Å². The van der Waals surface area contributed by atoms with Gasteiger partial charge in [0, 0.05) is 17.8 Å². The second kappa shape index (κ2) is 5.84. The number of nitrogens with one attached hydrogen (secondary N) is 1. The van der Waals surface area contributed by atoms with Crippen LogP contribution in [0.1, 0.15) is 32.6 Å². The predicted molar refractivity (Wildman–Crippen MR) is 83.6 cm³/mol. The van der Waals surface area contributed by atoms with Crippen LogP contribution in [0.2, 0.25) is 0 Å². The minimum Gasteiger partial charge on any atom is -0.487 e. The van der Waals surface area contributed by atoms with Crippen molar-refractivity contribution in [2.24, 2.45) is 0 Å². The van der Waals surface area contributed by atoms with Crippen molar-refractivity contribution in [2.75, 3.05) is 23.7 Å². The molecule has 1 aromatic rings. The van der Waals surface area contributed by atoms with Crippen molar-refractivity contribution in [1.82, 2.24) is 5.32 Å². The van der Waals surface area contributed by atoms with Gasteiger partial charge in [-0.2, -0.15) is 0 Å². The molecule has 1 atom stereocenters. The first-order valence-corrected chi connectivity index (χ1v) is 7.72. The van der Waals surface area contributed by atoms with E-state index in [0.29, 0.717) is 18.3 Å². The highest BCUT2D eigenvalue weighted by atomic mass is 16.5. The number of anilines is 2. The molecule has 1 saturated carbocycles. The van der Waals surface area contributed by atoms with E-state index >= 15 is 0 Å². The molecule has 1 aromatic carbocycles. The molecule has 1 aliphatic carbocycles. The van der Waals surface area contributed by atoms with Crippen LogP contribution in [0.5, 0.6) is 5.75 Å². The normalized spacial score (nSPS) is 21.8. The minimum absolute atomic E-state index is 0.0542. The summed E-state index contributed by atoms with van der Waals surface area (Å²) in [5, 5.41) is 3.14. The zero-order chi connectivity index (χ0) is 14.8. The second-order valence-electron chi connectivity index (χ2n) is 6.09. The van der Waals surface area contributed by atoms with Crippen molar-refractivity contribution in [3.05, 3.63) is 18.2 Å². The van der Waals surface area contributed by atoms with E-state index in [4.69, 9.17) is 10.5 Å². The molecular weight excluding hydrogens is 266 g/mol. The van der Waals surface area contributed by atoms with Crippen LogP contribution < -0.4 is 20.7 Å². The van der Waals surface area contributed by atoms with E-state index in [2.05, 4.69) is 10.2 Å². The third-order valence-corrected chi connectivity index (χ3v) is 4.18. The molecule has 0 aromatic heterocycles. The predicted octanol–water partition coefficient (Wildman–Crippen LogP) is 1.91. The third-order valence-electron chi connectivity index (χ3n) is 4.18. The van der Waals surface area contributed by atoms with E-state index in [1.165, 1.54) is 12.8 Å². The Balaban J connectivity index is 1.69. The highest BCUT2D eigenvalue weighted by Crippen LogP contribution is 2.34. The number of fused-ring (bicyclic) bond motifs is 1. The highest BCUT2D eigenvalue weighted by Gasteiger charge is 2.25. The SMILES string of the molecule is CC1CN(CC(=O)NC2CCCC2)c2ccc(N)cc2O1. The monoisotopic (exact) mass is 289 g/mol. The standard InChI is InChI=1S/C16H23N3O2/c1-11-9-19(10-16(20)18-13-4-2-3-5-13)14-7-6-12(17)8-15(14)21-11/h6-8,11,13H,2-5,9-10,17H2,1H3,(H,18,20). The number of carbonyl (C=O) groups excluding carboxylic acids is 1. The summed E-state index contributed by atoms with van der Waals surface area (Å²) >= 11 is 0. The Morgan fingerprint density at radius 3 is 2.95 bits per heavy atom. The summed E-state index contributed by atoms with van der Waals surface area (Å²) in [4.78, 5) is 14.3. The van der Waals surface area contributed by atoms with Gasteiger partial charge in [-0.3, -0.25) is 4.79 Å². The van der Waals surface area contributed by atoms with Crippen LogP contribution in [0.25, 0.3) is 0 Å². The fraction of sp³-hybridized carbons (Fsp3) is 0.562. The zero-order valence-corrected chi connectivity index (χ0v) is 12.5. The summed E-state index contributed by atoms with van der Waals surface area (Å²) < 4.78 is 5.80. The van der Waals surface area contributed by atoms with Gasteiger partial charge in [-0.25, -0.2) is 0 Å². The van der Waals surface area contributed by atoms with Gasteiger partial charge in [0.2, 0.25) is 5.91 Å². The second-order valence-corrected chi connectivity index (χ2v) is 6.09. The molecule has 1 unspecified atom stereocenters. The van der Waals surface area contributed by atoms with Gasteiger partial charge in [0.25, 0.3) is 0 Å². The van der Waals surface area contributed by atoms with Crippen LogP contribution in [-0.2, 0) is 4.79 Å². The van der Waals surface area contributed by atoms with Crippen molar-refractivity contribution in [2.45, 2.75) is 44.8 Å². The largest absolute Gasteiger partial charge is 0.487 e. The molecular formula is C16H23N3O2. The van der Waals surface area contributed by atoms with Gasteiger partial charge >= 0.3 is 0 Å². The molecule has 21 heavy (non-hydrogen) atoms. The van der Waals surface area contributed by atoms with Gasteiger partial charge in [-0.05, 0) is 31.9 Å². The van der Waals surface area contributed by atoms with Crippen LogP contribution in [-0.4, -0.2) is 31.1 Å². The van der Waals surface area contributed by atoms with E-state index in [1.54, 1.807) is 0 Å². The third kappa shape index (κ3) is 3.23. The fourth-order valence-corrected chi connectivity index (χ4v) is 3.22. The molecule has 2 aliphatic rings. The maximum absolute atomic E-state index is 12.2. The lowest BCUT2D eigenvalue weighted by Crippen LogP contribution is -2.46. The number of rotatable bonds is 3. The molecule has 0 spiro atoms. The number of nitrogen functional groups attached to an aromatic ring is 1. The number of ether oxygens (including phenoxy) is 1. The van der Waals surface area contributed by atoms with E-state index in [9.17, 15) is 4.79 Å². The van der Waals surface area contributed by atoms with E-state index < -0.39 is 0 Å². The van der Waals surface area contributed by atoms with Crippen molar-refractivity contribution in [1.29, 1.82) is 0 Å². The Hall–Kier alpha value is -1.91. The summed E-state index contributed by atoms with van der Waals surface area (Å²) in [6.07, 6.45) is 4.72. The molecule has 1 amide bonds. The average molecular weight is 289 g/mol. The lowest BCUT2D eigenvalue weighted by molar-refractivity contribution is -0.120. The summed E-state index contributed by atoms with van der Waals surface area (Å²) in [5.74, 6) is 0.862. The van der Waals surface area contributed by atoms with E-state index in [-0.39, 0.29) is 12.0 Å². The van der Waals surface area contributed by atoms with E-state index in [1.807, 2.05) is 25.1 Å². The van der Waals surface area contributed by atoms with Crippen molar-refractivity contribution in [3.63, 3.8) is 0 Å². The van der Waals surface area contributed by atoms with Gasteiger partial charge in [-0.15, -0.1) is 0 Å². The topological polar surface area (TPSA) is 67.6 Å². The molecule has 1 aliphatic heterocycles. The number of benzene rings is 1. The number of nitrogens with two attached hydrogens (primary N) is 1. The number of hydrogen-bond donors (Lipinski definition) is 2. The first-order valence-electron chi connectivity index (χ1n) is 7.72. The van der Waals surface area contributed by atoms with Crippen molar-refractivity contribution in [3.8, 4) is 5.75 Å². The van der Waals surface area contributed by atoms with Gasteiger partial charge in [0.05, 0.1) is 18.8 Å². The molecule has 114 valence electrons. The molecule has 0 bridgehead atoms. The quantitative estimate of drug-likeness (QED) is 0.834. The fourth-order valence-electron chi connectivity index (χ4n) is 3.22. The van der Waals surface area contributed by atoms with Crippen LogP contribution >= 0.6 is 0 Å². The molecule has 3 N–H and O–H groups in total. The molecule has 0 radical (unpaired) electrons. The maximum Gasteiger partial charge on any atom is 0.239 e. The van der Waals surface area contributed by atoms with Crippen LogP contribution in [0.3, 0.4) is 0 Å². The number of amides is 1. The Labute approximate surface area is 125 Å². The van der Waals surface area contributed by atoms with Gasteiger partial charge in [0.15, 0.2) is 0 Å². The van der Waals surface area contributed by atoms with Crippen LogP contribution in [0, 0.1) is 0 Å². The Morgan fingerprint density at radius 2 is 2.19 bits per heavy atom. The molecule has 3 rings (SSSR count). The smallest absolute Gasteiger partial charge is 0.239 e. The summed E-state index contributed by atoms with van der Waals surface area (Å²) in [5.41, 5.74) is 7.43. The summed E-state index contributed by atoms with van der Waals surface area (Å²) in [6, 6.07) is 5.97. The molecule has 5 heteroatoms. The Kier molecular flexibility index (Phi) is 3.90. The van der Waals surface area contributed by atoms with Crippen LogP contribution in [0.4, 0.5) is 11.4 Å². The van der Waals surface area contributed by atoms with Crippen molar-refractivity contribution < 1.29 is 9.53 Å². The number of carbonyl (C=O) groups is 1. The van der Waals surface area contributed by atoms with Gasteiger partial charge in [0.1, 0.15) is 11.9 Å². The minimum atomic E-state index is 0.0542. The number of nitrogens with zero attached hydrogens (tertiary/aromatic N) is 1. The van der Waals surface area contributed by atoms with Crippen molar-refractivity contribution >= 4 is 17.3 Å². The average Bonchev–Trinajstić information content (AvgIpc) is 2.90. The molecule has 1 fully saturated rings. The molecule has 1 heterocycles. The van der Waals surface area contributed by atoms with Gasteiger partial charge < -0.3 is 20.7 Å². The Bertz CT molecular complexity index is 526. The number of hydrogen-bond acceptors (Lipinski definition) is 4. The first kappa shape index (κ1) is 14.0. The molecule has 5 nitrogen and oxygen atoms in total. The molecule has 0 saturated heterocycles. The summed E-state index contributed by atoms with van der Waals surface area (Å²) in [7, 11) is 0. The summed E-state index contributed by atoms with van der Waals surface area (Å²) in [6.45, 7) is 3.10. The van der Waals surface area contributed by atoms with Crippen LogP contribution in [0.15, 0.2) is 18.2 Å².